The zero-order valence-corrected chi connectivity index (χ0v) is 16.6. The minimum atomic E-state index is 0.942. The molecule has 7 rings (SSSR count). The van der Waals surface area contributed by atoms with Crippen LogP contribution >= 0.6 is 0 Å². The molecule has 0 saturated heterocycles. The lowest BCUT2D eigenvalue weighted by Crippen LogP contribution is -1.87. The number of benzene rings is 6. The van der Waals surface area contributed by atoms with Crippen LogP contribution < -0.4 is 0 Å². The molecule has 0 radical (unpaired) electrons. The Balaban J connectivity index is 1.85. The molecular weight excluding hydrogens is 364 g/mol. The van der Waals surface area contributed by atoms with Gasteiger partial charge in [0.1, 0.15) is 11.2 Å². The van der Waals surface area contributed by atoms with Crippen molar-refractivity contribution in [2.24, 2.45) is 0 Å². The van der Waals surface area contributed by atoms with Crippen LogP contribution in [0.3, 0.4) is 0 Å². The molecule has 0 N–H and O–H groups in total. The van der Waals surface area contributed by atoms with Gasteiger partial charge in [-0.15, -0.1) is 0 Å². The van der Waals surface area contributed by atoms with Gasteiger partial charge in [0, 0.05) is 10.8 Å². The highest BCUT2D eigenvalue weighted by Gasteiger charge is 2.15. The summed E-state index contributed by atoms with van der Waals surface area (Å²) >= 11 is 0. The minimum Gasteiger partial charge on any atom is -0.456 e. The SMILES string of the molecule is Cc1cc2c3ccccc3c3cc4c(cc3c2c2ccccc12)oc1ccccc14. The number of hydrogen-bond donors (Lipinski definition) is 0. The summed E-state index contributed by atoms with van der Waals surface area (Å²) in [5.74, 6) is 0. The predicted octanol–water partition coefficient (Wildman–Crippen LogP) is 8.51. The fourth-order valence-corrected chi connectivity index (χ4v) is 5.21. The van der Waals surface area contributed by atoms with Crippen LogP contribution in [0.4, 0.5) is 0 Å². The van der Waals surface area contributed by atoms with Gasteiger partial charge in [0.2, 0.25) is 0 Å². The first-order valence-corrected chi connectivity index (χ1v) is 10.4. The highest BCUT2D eigenvalue weighted by molar-refractivity contribution is 6.33. The smallest absolute Gasteiger partial charge is 0.136 e. The zero-order valence-electron chi connectivity index (χ0n) is 16.6. The van der Waals surface area contributed by atoms with Crippen molar-refractivity contribution in [1.29, 1.82) is 0 Å². The molecule has 0 spiro atoms. The summed E-state index contributed by atoms with van der Waals surface area (Å²) in [4.78, 5) is 0. The fraction of sp³-hybridized carbons (Fsp3) is 0.0345. The lowest BCUT2D eigenvalue weighted by atomic mass is 9.89. The van der Waals surface area contributed by atoms with Crippen molar-refractivity contribution in [3.63, 3.8) is 0 Å². The van der Waals surface area contributed by atoms with E-state index in [4.69, 9.17) is 4.42 Å². The Kier molecular flexibility index (Phi) is 2.99. The fourth-order valence-electron chi connectivity index (χ4n) is 5.21. The van der Waals surface area contributed by atoms with Crippen LogP contribution in [-0.4, -0.2) is 0 Å². The summed E-state index contributed by atoms with van der Waals surface area (Å²) in [6, 6.07) is 32.8. The van der Waals surface area contributed by atoms with Crippen molar-refractivity contribution in [3.8, 4) is 0 Å². The maximum atomic E-state index is 6.26. The molecule has 1 nitrogen and oxygen atoms in total. The van der Waals surface area contributed by atoms with Crippen LogP contribution in [0.5, 0.6) is 0 Å². The van der Waals surface area contributed by atoms with E-state index in [9.17, 15) is 0 Å². The molecule has 0 aliphatic rings. The van der Waals surface area contributed by atoms with Crippen molar-refractivity contribution in [1.82, 2.24) is 0 Å². The van der Waals surface area contributed by atoms with E-state index in [2.05, 4.69) is 91.9 Å². The first kappa shape index (κ1) is 16.0. The molecule has 7 aromatic rings. The van der Waals surface area contributed by atoms with Crippen LogP contribution in [0, 0.1) is 6.92 Å². The maximum Gasteiger partial charge on any atom is 0.136 e. The second kappa shape index (κ2) is 5.61. The molecule has 140 valence electrons. The van der Waals surface area contributed by atoms with Gasteiger partial charge in [0.25, 0.3) is 0 Å². The summed E-state index contributed by atoms with van der Waals surface area (Å²) < 4.78 is 6.26. The number of aryl methyl sites for hydroxylation is 1. The Morgan fingerprint density at radius 1 is 0.433 bits per heavy atom. The monoisotopic (exact) mass is 382 g/mol. The summed E-state index contributed by atoms with van der Waals surface area (Å²) in [5.41, 5.74) is 3.20. The van der Waals surface area contributed by atoms with Crippen LogP contribution in [0.1, 0.15) is 5.56 Å². The van der Waals surface area contributed by atoms with Gasteiger partial charge in [-0.1, -0.05) is 72.8 Å². The second-order valence-electron chi connectivity index (χ2n) is 8.20. The first-order valence-electron chi connectivity index (χ1n) is 10.4. The Morgan fingerprint density at radius 3 is 1.83 bits per heavy atom. The van der Waals surface area contributed by atoms with E-state index in [1.165, 1.54) is 59.4 Å². The Labute approximate surface area is 173 Å². The molecule has 0 bridgehead atoms. The van der Waals surface area contributed by atoms with Crippen LogP contribution in [0.25, 0.3) is 65.0 Å². The molecule has 0 unspecified atom stereocenters. The molecule has 1 aromatic heterocycles. The van der Waals surface area contributed by atoms with Crippen molar-refractivity contribution in [3.05, 3.63) is 96.6 Å². The van der Waals surface area contributed by atoms with Crippen molar-refractivity contribution in [2.75, 3.05) is 0 Å². The lowest BCUT2D eigenvalue weighted by molar-refractivity contribution is 0.669. The molecule has 0 aliphatic carbocycles. The summed E-state index contributed by atoms with van der Waals surface area (Å²) in [7, 11) is 0. The van der Waals surface area contributed by atoms with E-state index < -0.39 is 0 Å². The van der Waals surface area contributed by atoms with Crippen molar-refractivity contribution < 1.29 is 4.42 Å². The number of rotatable bonds is 0. The van der Waals surface area contributed by atoms with Gasteiger partial charge < -0.3 is 4.42 Å². The maximum absolute atomic E-state index is 6.26. The molecular formula is C29H18O. The van der Waals surface area contributed by atoms with E-state index in [0.29, 0.717) is 0 Å². The molecule has 0 fully saturated rings. The molecule has 0 amide bonds. The van der Waals surface area contributed by atoms with E-state index in [1.54, 1.807) is 0 Å². The highest BCUT2D eigenvalue weighted by atomic mass is 16.3. The molecule has 0 saturated carbocycles. The largest absolute Gasteiger partial charge is 0.456 e. The van der Waals surface area contributed by atoms with Crippen LogP contribution in [0.15, 0.2) is 95.4 Å². The van der Waals surface area contributed by atoms with Crippen molar-refractivity contribution >= 4 is 65.0 Å². The normalized spacial score (nSPS) is 12.2. The third-order valence-electron chi connectivity index (χ3n) is 6.55. The van der Waals surface area contributed by atoms with Gasteiger partial charge in [-0.2, -0.15) is 0 Å². The van der Waals surface area contributed by atoms with Crippen LogP contribution in [-0.2, 0) is 0 Å². The quantitative estimate of drug-likeness (QED) is 0.240. The molecule has 6 aromatic carbocycles. The van der Waals surface area contributed by atoms with E-state index in [0.717, 1.165) is 11.2 Å². The van der Waals surface area contributed by atoms with E-state index in [-0.39, 0.29) is 0 Å². The van der Waals surface area contributed by atoms with Crippen LogP contribution in [0.2, 0.25) is 0 Å². The summed E-state index contributed by atoms with van der Waals surface area (Å²) in [5, 5.41) is 12.7. The standard InChI is InChI=1S/C29H18O/c1-17-14-25-20-10-4-3-9-19(20)23-15-24-21-11-6-7-13-27(21)30-28(24)16-26(23)29(25)22-12-5-2-8-18(17)22/h2-16H,1H3. The third kappa shape index (κ3) is 1.97. The van der Waals surface area contributed by atoms with E-state index >= 15 is 0 Å². The molecule has 30 heavy (non-hydrogen) atoms. The molecule has 0 aliphatic heterocycles. The van der Waals surface area contributed by atoms with Gasteiger partial charge in [0.05, 0.1) is 0 Å². The summed E-state index contributed by atoms with van der Waals surface area (Å²) in [6.45, 7) is 2.21. The van der Waals surface area contributed by atoms with Gasteiger partial charge in [-0.3, -0.25) is 0 Å². The Morgan fingerprint density at radius 2 is 1.03 bits per heavy atom. The number of para-hydroxylation sites is 1. The third-order valence-corrected chi connectivity index (χ3v) is 6.55. The van der Waals surface area contributed by atoms with Gasteiger partial charge in [-0.05, 0) is 73.8 Å². The first-order chi connectivity index (χ1) is 14.8. The lowest BCUT2D eigenvalue weighted by Gasteiger charge is -2.14. The molecule has 0 atom stereocenters. The Bertz CT molecular complexity index is 1800. The van der Waals surface area contributed by atoms with E-state index in [1.807, 2.05) is 6.07 Å². The van der Waals surface area contributed by atoms with Gasteiger partial charge >= 0.3 is 0 Å². The predicted molar refractivity (Wildman–Crippen MR) is 128 cm³/mol. The topological polar surface area (TPSA) is 13.1 Å². The second-order valence-corrected chi connectivity index (χ2v) is 8.20. The van der Waals surface area contributed by atoms with Gasteiger partial charge in [0.15, 0.2) is 0 Å². The molecule has 1 heterocycles. The zero-order chi connectivity index (χ0) is 19.8. The van der Waals surface area contributed by atoms with Crippen molar-refractivity contribution in [2.45, 2.75) is 6.92 Å². The molecule has 1 heteroatoms. The minimum absolute atomic E-state index is 0.942. The van der Waals surface area contributed by atoms with Gasteiger partial charge in [-0.25, -0.2) is 0 Å². The number of furan rings is 1. The number of hydrogen-bond acceptors (Lipinski definition) is 1. The number of fused-ring (bicyclic) bond motifs is 11. The summed E-state index contributed by atoms with van der Waals surface area (Å²) in [6.07, 6.45) is 0. The average Bonchev–Trinajstić information content (AvgIpc) is 3.16. The highest BCUT2D eigenvalue weighted by Crippen LogP contribution is 2.42. The average molecular weight is 382 g/mol. The Hall–Kier alpha value is -3.84.